The third-order valence-corrected chi connectivity index (χ3v) is 5.34. The lowest BCUT2D eigenvalue weighted by Crippen LogP contribution is -2.32. The molecular weight excluding hydrogens is 388 g/mol. The van der Waals surface area contributed by atoms with Crippen molar-refractivity contribution in [3.63, 3.8) is 0 Å². The van der Waals surface area contributed by atoms with Gasteiger partial charge in [-0.3, -0.25) is 9.59 Å². The molecule has 1 atom stereocenters. The van der Waals surface area contributed by atoms with Crippen molar-refractivity contribution >= 4 is 46.6 Å². The molecule has 2 aromatic rings. The number of hydrogen-bond donors (Lipinski definition) is 2. The molecule has 8 heteroatoms. The topological polar surface area (TPSA) is 76.7 Å². The second-order valence-electron chi connectivity index (χ2n) is 5.85. The average Bonchev–Trinajstić information content (AvgIpc) is 2.64. The van der Waals surface area contributed by atoms with Gasteiger partial charge in [-0.15, -0.1) is 11.8 Å². The van der Waals surface area contributed by atoms with Crippen LogP contribution in [0, 0.1) is 0 Å². The third-order valence-electron chi connectivity index (χ3n) is 3.83. The molecule has 1 heterocycles. The maximum atomic E-state index is 12.3. The summed E-state index contributed by atoms with van der Waals surface area (Å²) in [5, 5.41) is 5.67. The SMILES string of the molecule is COCCOc1ccc(NC(=O)CC2Sc3ccc(Cl)cc3NC2=O)cc1. The van der Waals surface area contributed by atoms with Crippen LogP contribution < -0.4 is 15.4 Å². The number of carbonyl (C=O) groups is 2. The third kappa shape index (κ3) is 5.38. The van der Waals surface area contributed by atoms with Gasteiger partial charge in [-0.2, -0.15) is 0 Å². The largest absolute Gasteiger partial charge is 0.491 e. The van der Waals surface area contributed by atoms with E-state index in [4.69, 9.17) is 21.1 Å². The van der Waals surface area contributed by atoms with E-state index in [9.17, 15) is 9.59 Å². The first-order valence-corrected chi connectivity index (χ1v) is 9.59. The fourth-order valence-corrected chi connectivity index (χ4v) is 3.78. The molecule has 0 aliphatic carbocycles. The summed E-state index contributed by atoms with van der Waals surface area (Å²) in [6, 6.07) is 12.4. The van der Waals surface area contributed by atoms with E-state index in [-0.39, 0.29) is 18.2 Å². The van der Waals surface area contributed by atoms with Gasteiger partial charge in [0.25, 0.3) is 0 Å². The Morgan fingerprint density at radius 3 is 2.74 bits per heavy atom. The Balaban J connectivity index is 1.54. The molecule has 142 valence electrons. The van der Waals surface area contributed by atoms with Crippen molar-refractivity contribution in [1.29, 1.82) is 0 Å². The van der Waals surface area contributed by atoms with Gasteiger partial charge in [0.2, 0.25) is 11.8 Å². The molecule has 0 spiro atoms. The maximum Gasteiger partial charge on any atom is 0.238 e. The summed E-state index contributed by atoms with van der Waals surface area (Å²) in [7, 11) is 1.61. The minimum atomic E-state index is -0.490. The van der Waals surface area contributed by atoms with E-state index < -0.39 is 5.25 Å². The summed E-state index contributed by atoms with van der Waals surface area (Å²) in [5.41, 5.74) is 1.32. The van der Waals surface area contributed by atoms with Crippen LogP contribution in [0.4, 0.5) is 11.4 Å². The van der Waals surface area contributed by atoms with E-state index in [2.05, 4.69) is 10.6 Å². The smallest absolute Gasteiger partial charge is 0.238 e. The zero-order valence-corrected chi connectivity index (χ0v) is 16.2. The molecule has 6 nitrogen and oxygen atoms in total. The molecule has 0 fully saturated rings. The molecular formula is C19H19ClN2O4S. The lowest BCUT2D eigenvalue weighted by molar-refractivity contribution is -0.120. The quantitative estimate of drug-likeness (QED) is 0.684. The number of fused-ring (bicyclic) bond motifs is 1. The highest BCUT2D eigenvalue weighted by molar-refractivity contribution is 8.01. The van der Waals surface area contributed by atoms with Crippen LogP contribution in [0.1, 0.15) is 6.42 Å². The number of rotatable bonds is 7. The Morgan fingerprint density at radius 1 is 1.22 bits per heavy atom. The molecule has 0 aromatic heterocycles. The van der Waals surface area contributed by atoms with E-state index in [0.717, 1.165) is 4.90 Å². The first-order valence-electron chi connectivity index (χ1n) is 8.34. The average molecular weight is 407 g/mol. The van der Waals surface area contributed by atoms with E-state index in [0.29, 0.717) is 35.4 Å². The second kappa shape index (κ2) is 9.12. The van der Waals surface area contributed by atoms with Gasteiger partial charge in [0.05, 0.1) is 17.5 Å². The van der Waals surface area contributed by atoms with Crippen LogP contribution in [0.3, 0.4) is 0 Å². The minimum absolute atomic E-state index is 0.0741. The summed E-state index contributed by atoms with van der Waals surface area (Å²) in [5.74, 6) is 0.266. The molecule has 0 saturated carbocycles. The van der Waals surface area contributed by atoms with Crippen LogP contribution in [0.15, 0.2) is 47.4 Å². The number of carbonyl (C=O) groups excluding carboxylic acids is 2. The van der Waals surface area contributed by atoms with Gasteiger partial charge < -0.3 is 20.1 Å². The lowest BCUT2D eigenvalue weighted by atomic mass is 10.2. The summed E-state index contributed by atoms with van der Waals surface area (Å²) in [6.45, 7) is 0.970. The summed E-state index contributed by atoms with van der Waals surface area (Å²) in [6.07, 6.45) is 0.0741. The first-order chi connectivity index (χ1) is 13.0. The Morgan fingerprint density at radius 2 is 2.00 bits per heavy atom. The molecule has 0 saturated heterocycles. The number of nitrogens with one attached hydrogen (secondary N) is 2. The summed E-state index contributed by atoms with van der Waals surface area (Å²) in [4.78, 5) is 25.5. The van der Waals surface area contributed by atoms with Crippen molar-refractivity contribution < 1.29 is 19.1 Å². The fourth-order valence-electron chi connectivity index (χ4n) is 2.51. The Labute approximate surface area is 166 Å². The Kier molecular flexibility index (Phi) is 6.60. The zero-order chi connectivity index (χ0) is 19.2. The molecule has 1 aliphatic rings. The lowest BCUT2D eigenvalue weighted by Gasteiger charge is -2.23. The van der Waals surface area contributed by atoms with Crippen molar-refractivity contribution in [2.24, 2.45) is 0 Å². The highest BCUT2D eigenvalue weighted by Gasteiger charge is 2.29. The summed E-state index contributed by atoms with van der Waals surface area (Å²) >= 11 is 7.31. The van der Waals surface area contributed by atoms with Gasteiger partial charge in [-0.05, 0) is 42.5 Å². The van der Waals surface area contributed by atoms with Crippen molar-refractivity contribution in [2.75, 3.05) is 31.0 Å². The first kappa shape index (κ1) is 19.5. The van der Waals surface area contributed by atoms with Crippen LogP contribution in [-0.2, 0) is 14.3 Å². The van der Waals surface area contributed by atoms with Crippen LogP contribution in [0.2, 0.25) is 5.02 Å². The molecule has 2 amide bonds. The van der Waals surface area contributed by atoms with E-state index in [1.54, 1.807) is 43.5 Å². The van der Waals surface area contributed by atoms with Gasteiger partial charge in [0.1, 0.15) is 12.4 Å². The number of methoxy groups -OCH3 is 1. The molecule has 0 radical (unpaired) electrons. The van der Waals surface area contributed by atoms with Crippen molar-refractivity contribution in [3.8, 4) is 5.75 Å². The van der Waals surface area contributed by atoms with Crippen molar-refractivity contribution in [2.45, 2.75) is 16.6 Å². The number of thioether (sulfide) groups is 1. The number of hydrogen-bond acceptors (Lipinski definition) is 5. The molecule has 0 bridgehead atoms. The number of halogens is 1. The number of ether oxygens (including phenoxy) is 2. The van der Waals surface area contributed by atoms with E-state index >= 15 is 0 Å². The fraction of sp³-hybridized carbons (Fsp3) is 0.263. The van der Waals surface area contributed by atoms with Crippen molar-refractivity contribution in [3.05, 3.63) is 47.5 Å². The van der Waals surface area contributed by atoms with Gasteiger partial charge in [0.15, 0.2) is 0 Å². The molecule has 27 heavy (non-hydrogen) atoms. The standard InChI is InChI=1S/C19H19ClN2O4S/c1-25-8-9-26-14-5-3-13(4-6-14)21-18(23)11-17-19(24)22-15-10-12(20)2-7-16(15)27-17/h2-7,10,17H,8-9,11H2,1H3,(H,21,23)(H,22,24). The van der Waals surface area contributed by atoms with Crippen LogP contribution in [0.25, 0.3) is 0 Å². The van der Waals surface area contributed by atoms with Gasteiger partial charge in [-0.25, -0.2) is 0 Å². The van der Waals surface area contributed by atoms with E-state index in [1.807, 2.05) is 6.07 Å². The Bertz CT molecular complexity index is 829. The molecule has 1 aliphatic heterocycles. The molecule has 2 aromatic carbocycles. The predicted molar refractivity (Wildman–Crippen MR) is 107 cm³/mol. The zero-order valence-electron chi connectivity index (χ0n) is 14.7. The molecule has 3 rings (SSSR count). The van der Waals surface area contributed by atoms with Gasteiger partial charge in [0, 0.05) is 29.1 Å². The normalized spacial score (nSPS) is 15.6. The van der Waals surface area contributed by atoms with Crippen LogP contribution in [0.5, 0.6) is 5.75 Å². The van der Waals surface area contributed by atoms with Crippen LogP contribution >= 0.6 is 23.4 Å². The van der Waals surface area contributed by atoms with Gasteiger partial charge in [-0.1, -0.05) is 11.6 Å². The number of benzene rings is 2. The predicted octanol–water partition coefficient (Wildman–Crippen LogP) is 3.81. The molecule has 2 N–H and O–H groups in total. The van der Waals surface area contributed by atoms with Crippen LogP contribution in [-0.4, -0.2) is 37.4 Å². The number of amides is 2. The summed E-state index contributed by atoms with van der Waals surface area (Å²) < 4.78 is 10.4. The van der Waals surface area contributed by atoms with E-state index in [1.165, 1.54) is 11.8 Å². The maximum absolute atomic E-state index is 12.3. The number of anilines is 2. The minimum Gasteiger partial charge on any atom is -0.491 e. The second-order valence-corrected chi connectivity index (χ2v) is 7.54. The highest BCUT2D eigenvalue weighted by atomic mass is 35.5. The monoisotopic (exact) mass is 406 g/mol. The Hall–Kier alpha value is -2.22. The van der Waals surface area contributed by atoms with Gasteiger partial charge >= 0.3 is 0 Å². The van der Waals surface area contributed by atoms with Crippen molar-refractivity contribution in [1.82, 2.24) is 0 Å². The molecule has 1 unspecified atom stereocenters. The highest BCUT2D eigenvalue weighted by Crippen LogP contribution is 2.38.